The van der Waals surface area contributed by atoms with Crippen molar-refractivity contribution in [3.8, 4) is 34.3 Å². The molecule has 1 aromatic heterocycles. The topological polar surface area (TPSA) is 86.0 Å². The largest absolute Gasteiger partial charge is 0.496 e. The van der Waals surface area contributed by atoms with Crippen molar-refractivity contribution in [1.82, 2.24) is 15.2 Å². The quantitative estimate of drug-likeness (QED) is 0.716. The van der Waals surface area contributed by atoms with Crippen molar-refractivity contribution >= 4 is 17.3 Å². The minimum atomic E-state index is 0.421. The number of anilines is 1. The van der Waals surface area contributed by atoms with E-state index in [0.29, 0.717) is 39.4 Å². The Morgan fingerprint density at radius 2 is 1.78 bits per heavy atom. The van der Waals surface area contributed by atoms with Crippen LogP contribution in [0.1, 0.15) is 0 Å². The van der Waals surface area contributed by atoms with Crippen LogP contribution in [0.4, 0.5) is 5.69 Å². The summed E-state index contributed by atoms with van der Waals surface area (Å²) in [7, 11) is 3.17. The molecular formula is C16H15ClN4O2. The number of benzene rings is 2. The molecule has 0 aliphatic rings. The third-order valence-electron chi connectivity index (χ3n) is 3.41. The van der Waals surface area contributed by atoms with E-state index in [9.17, 15) is 0 Å². The molecule has 3 rings (SSSR count). The van der Waals surface area contributed by atoms with Gasteiger partial charge in [-0.25, -0.2) is 4.98 Å². The standard InChI is InChI=1S/C16H15ClN4O2/c1-22-13-6-4-3-5-9(13)15-19-16(21-20-15)10-7-11(17)12(18)8-14(10)23-2/h3-8H,18H2,1-2H3,(H,19,20,21). The number of nitrogen functional groups attached to an aromatic ring is 1. The van der Waals surface area contributed by atoms with Crippen LogP contribution in [-0.4, -0.2) is 29.4 Å². The number of hydrogen-bond acceptors (Lipinski definition) is 5. The Hall–Kier alpha value is -2.73. The molecule has 0 bridgehead atoms. The highest BCUT2D eigenvalue weighted by Gasteiger charge is 2.16. The van der Waals surface area contributed by atoms with Crippen LogP contribution in [0.3, 0.4) is 0 Å². The number of methoxy groups -OCH3 is 2. The van der Waals surface area contributed by atoms with Gasteiger partial charge >= 0.3 is 0 Å². The summed E-state index contributed by atoms with van der Waals surface area (Å²) in [6.45, 7) is 0. The molecular weight excluding hydrogens is 316 g/mol. The second kappa shape index (κ2) is 6.18. The van der Waals surface area contributed by atoms with E-state index >= 15 is 0 Å². The first-order valence-corrected chi connectivity index (χ1v) is 7.21. The van der Waals surface area contributed by atoms with Gasteiger partial charge in [-0.15, -0.1) is 0 Å². The zero-order valence-corrected chi connectivity index (χ0v) is 13.4. The van der Waals surface area contributed by atoms with Crippen LogP contribution in [0.15, 0.2) is 36.4 Å². The Bertz CT molecular complexity index is 848. The molecule has 0 saturated carbocycles. The van der Waals surface area contributed by atoms with E-state index < -0.39 is 0 Å². The van der Waals surface area contributed by atoms with Crippen LogP contribution in [0.25, 0.3) is 22.8 Å². The monoisotopic (exact) mass is 330 g/mol. The lowest BCUT2D eigenvalue weighted by molar-refractivity contribution is 0.416. The van der Waals surface area contributed by atoms with Gasteiger partial charge in [-0.1, -0.05) is 23.7 Å². The lowest BCUT2D eigenvalue weighted by atomic mass is 10.1. The summed E-state index contributed by atoms with van der Waals surface area (Å²) < 4.78 is 10.7. The van der Waals surface area contributed by atoms with Gasteiger partial charge in [-0.2, -0.15) is 5.10 Å². The van der Waals surface area contributed by atoms with Gasteiger partial charge in [-0.3, -0.25) is 5.10 Å². The number of nitrogens with two attached hydrogens (primary N) is 1. The highest BCUT2D eigenvalue weighted by Crippen LogP contribution is 2.35. The normalized spacial score (nSPS) is 10.6. The van der Waals surface area contributed by atoms with Crippen LogP contribution in [0.5, 0.6) is 11.5 Å². The molecule has 0 saturated heterocycles. The average molecular weight is 331 g/mol. The minimum Gasteiger partial charge on any atom is -0.496 e. The van der Waals surface area contributed by atoms with Crippen molar-refractivity contribution in [2.24, 2.45) is 0 Å². The zero-order valence-electron chi connectivity index (χ0n) is 12.6. The molecule has 3 aromatic rings. The summed E-state index contributed by atoms with van der Waals surface area (Å²) in [5.74, 6) is 2.31. The second-order valence-corrected chi connectivity index (χ2v) is 5.19. The maximum absolute atomic E-state index is 6.10. The smallest absolute Gasteiger partial charge is 0.185 e. The van der Waals surface area contributed by atoms with Crippen LogP contribution < -0.4 is 15.2 Å². The van der Waals surface area contributed by atoms with Gasteiger partial charge in [0.2, 0.25) is 0 Å². The van der Waals surface area contributed by atoms with Crippen molar-refractivity contribution in [3.05, 3.63) is 41.4 Å². The average Bonchev–Trinajstić information content (AvgIpc) is 3.06. The number of nitrogens with one attached hydrogen (secondary N) is 1. The first-order chi connectivity index (χ1) is 11.1. The Kier molecular flexibility index (Phi) is 4.08. The molecule has 0 aliphatic carbocycles. The molecule has 0 amide bonds. The fourth-order valence-corrected chi connectivity index (χ4v) is 2.42. The number of ether oxygens (including phenoxy) is 2. The third kappa shape index (κ3) is 2.80. The Labute approximate surface area is 138 Å². The van der Waals surface area contributed by atoms with Crippen molar-refractivity contribution in [3.63, 3.8) is 0 Å². The van der Waals surface area contributed by atoms with Gasteiger partial charge in [0.15, 0.2) is 11.6 Å². The summed E-state index contributed by atoms with van der Waals surface area (Å²) in [6.07, 6.45) is 0. The van der Waals surface area contributed by atoms with Gasteiger partial charge in [0.05, 0.1) is 36.1 Å². The predicted molar refractivity (Wildman–Crippen MR) is 89.8 cm³/mol. The number of H-pyrrole nitrogens is 1. The third-order valence-corrected chi connectivity index (χ3v) is 3.73. The lowest BCUT2D eigenvalue weighted by Crippen LogP contribution is -1.94. The van der Waals surface area contributed by atoms with Gasteiger partial charge < -0.3 is 15.2 Å². The maximum atomic E-state index is 6.10. The van der Waals surface area contributed by atoms with E-state index in [1.54, 1.807) is 26.4 Å². The summed E-state index contributed by atoms with van der Waals surface area (Å²) in [5, 5.41) is 7.58. The lowest BCUT2D eigenvalue weighted by Gasteiger charge is -2.08. The molecule has 0 radical (unpaired) electrons. The highest BCUT2D eigenvalue weighted by atomic mass is 35.5. The van der Waals surface area contributed by atoms with Gasteiger partial charge in [0, 0.05) is 6.07 Å². The molecule has 118 valence electrons. The molecule has 0 fully saturated rings. The van der Waals surface area contributed by atoms with Crippen molar-refractivity contribution in [2.45, 2.75) is 0 Å². The molecule has 23 heavy (non-hydrogen) atoms. The van der Waals surface area contributed by atoms with Crippen molar-refractivity contribution in [1.29, 1.82) is 0 Å². The summed E-state index contributed by atoms with van der Waals surface area (Å²) in [4.78, 5) is 4.51. The molecule has 2 aromatic carbocycles. The molecule has 3 N–H and O–H groups in total. The summed E-state index contributed by atoms with van der Waals surface area (Å²) >= 11 is 6.10. The van der Waals surface area contributed by atoms with E-state index in [1.807, 2.05) is 24.3 Å². The highest BCUT2D eigenvalue weighted by molar-refractivity contribution is 6.33. The van der Waals surface area contributed by atoms with Gasteiger partial charge in [-0.05, 0) is 18.2 Å². The van der Waals surface area contributed by atoms with E-state index in [-0.39, 0.29) is 0 Å². The summed E-state index contributed by atoms with van der Waals surface area (Å²) in [5.41, 5.74) is 7.71. The Morgan fingerprint density at radius 3 is 2.52 bits per heavy atom. The number of aromatic nitrogens is 3. The van der Waals surface area contributed by atoms with Crippen molar-refractivity contribution in [2.75, 3.05) is 20.0 Å². The Balaban J connectivity index is 2.08. The van der Waals surface area contributed by atoms with E-state index in [4.69, 9.17) is 26.8 Å². The molecule has 6 nitrogen and oxygen atoms in total. The van der Waals surface area contributed by atoms with E-state index in [1.165, 1.54) is 0 Å². The molecule has 7 heteroatoms. The van der Waals surface area contributed by atoms with Crippen LogP contribution in [0, 0.1) is 0 Å². The number of para-hydroxylation sites is 1. The second-order valence-electron chi connectivity index (χ2n) is 4.78. The van der Waals surface area contributed by atoms with E-state index in [2.05, 4.69) is 15.2 Å². The number of aromatic amines is 1. The Morgan fingerprint density at radius 1 is 1.04 bits per heavy atom. The summed E-state index contributed by atoms with van der Waals surface area (Å²) in [6, 6.07) is 10.9. The van der Waals surface area contributed by atoms with Crippen molar-refractivity contribution < 1.29 is 9.47 Å². The molecule has 0 atom stereocenters. The molecule has 0 spiro atoms. The van der Waals surface area contributed by atoms with Gasteiger partial charge in [0.25, 0.3) is 0 Å². The number of halogens is 1. The van der Waals surface area contributed by atoms with Crippen LogP contribution in [-0.2, 0) is 0 Å². The van der Waals surface area contributed by atoms with E-state index in [0.717, 1.165) is 5.56 Å². The molecule has 0 aliphatic heterocycles. The zero-order chi connectivity index (χ0) is 16.4. The van der Waals surface area contributed by atoms with Gasteiger partial charge in [0.1, 0.15) is 11.5 Å². The number of hydrogen-bond donors (Lipinski definition) is 2. The number of nitrogens with zero attached hydrogens (tertiary/aromatic N) is 2. The SMILES string of the molecule is COc1cc(N)c(Cl)cc1-c1n[nH]c(-c2ccccc2OC)n1. The fourth-order valence-electron chi connectivity index (χ4n) is 2.26. The van der Waals surface area contributed by atoms with Crippen LogP contribution >= 0.6 is 11.6 Å². The maximum Gasteiger partial charge on any atom is 0.185 e. The minimum absolute atomic E-state index is 0.421. The first-order valence-electron chi connectivity index (χ1n) is 6.83. The molecule has 0 unspecified atom stereocenters. The number of rotatable bonds is 4. The predicted octanol–water partition coefficient (Wildman–Crippen LogP) is 3.39. The fraction of sp³-hybridized carbons (Fsp3) is 0.125. The molecule has 1 heterocycles. The first kappa shape index (κ1) is 15.2. The van der Waals surface area contributed by atoms with Crippen LogP contribution in [0.2, 0.25) is 5.02 Å².